The molecule has 0 unspecified atom stereocenters. The molecule has 0 aromatic carbocycles. The first kappa shape index (κ1) is 7.72. The number of pyridine rings is 1. The molecule has 3 nitrogen and oxygen atoms in total. The lowest BCUT2D eigenvalue weighted by atomic mass is 10.2. The maximum absolute atomic E-state index is 11.0. The van der Waals surface area contributed by atoms with Crippen molar-refractivity contribution < 1.29 is 4.79 Å². The highest BCUT2D eigenvalue weighted by Crippen LogP contribution is 1.95. The predicted molar refractivity (Wildman–Crippen MR) is 41.8 cm³/mol. The third-order valence-corrected chi connectivity index (χ3v) is 1.66. The van der Waals surface area contributed by atoms with Crippen molar-refractivity contribution in [3.63, 3.8) is 0 Å². The molecule has 0 spiro atoms. The summed E-state index contributed by atoms with van der Waals surface area (Å²) < 4.78 is 1.49. The van der Waals surface area contributed by atoms with E-state index in [1.165, 1.54) is 10.6 Å². The molecule has 0 bridgehead atoms. The van der Waals surface area contributed by atoms with E-state index in [4.69, 9.17) is 0 Å². The molecule has 1 aromatic rings. The van der Waals surface area contributed by atoms with Crippen LogP contribution in [0.15, 0.2) is 16.9 Å². The number of aromatic nitrogens is 1. The normalized spacial score (nSPS) is 9.64. The number of hydrogen-bond donors (Lipinski definition) is 0. The third kappa shape index (κ3) is 1.37. The molecule has 0 radical (unpaired) electrons. The number of aldehydes is 1. The predicted octanol–water partition coefficient (Wildman–Crippen LogP) is 0.506. The molecular formula is C8H9NO2. The number of aryl methyl sites for hydroxylation is 1. The van der Waals surface area contributed by atoms with E-state index in [0.29, 0.717) is 11.8 Å². The summed E-state index contributed by atoms with van der Waals surface area (Å²) in [4.78, 5) is 21.3. The molecule has 0 fully saturated rings. The summed E-state index contributed by atoms with van der Waals surface area (Å²) in [6.45, 7) is 1.79. The van der Waals surface area contributed by atoms with E-state index >= 15 is 0 Å². The summed E-state index contributed by atoms with van der Waals surface area (Å²) >= 11 is 0. The number of hydrogen-bond acceptors (Lipinski definition) is 2. The van der Waals surface area contributed by atoms with Crippen LogP contribution >= 0.6 is 0 Å². The second kappa shape index (κ2) is 2.70. The fourth-order valence-corrected chi connectivity index (χ4v) is 0.861. The molecule has 3 heteroatoms. The largest absolute Gasteiger partial charge is 0.316 e. The van der Waals surface area contributed by atoms with Crippen molar-refractivity contribution in [1.82, 2.24) is 4.57 Å². The van der Waals surface area contributed by atoms with Crippen molar-refractivity contribution in [2.45, 2.75) is 6.92 Å². The van der Waals surface area contributed by atoms with Crippen LogP contribution in [0.2, 0.25) is 0 Å². The van der Waals surface area contributed by atoms with Gasteiger partial charge < -0.3 is 4.57 Å². The average molecular weight is 151 g/mol. The lowest BCUT2D eigenvalue weighted by Crippen LogP contribution is -2.18. The van der Waals surface area contributed by atoms with Crippen LogP contribution in [0.25, 0.3) is 0 Å². The lowest BCUT2D eigenvalue weighted by molar-refractivity contribution is 0.112. The van der Waals surface area contributed by atoms with E-state index < -0.39 is 0 Å². The third-order valence-electron chi connectivity index (χ3n) is 1.66. The Morgan fingerprint density at radius 2 is 2.09 bits per heavy atom. The van der Waals surface area contributed by atoms with Crippen LogP contribution in [0.5, 0.6) is 0 Å². The molecule has 0 N–H and O–H groups in total. The fourth-order valence-electron chi connectivity index (χ4n) is 0.861. The van der Waals surface area contributed by atoms with Crippen LogP contribution in [-0.4, -0.2) is 10.9 Å². The number of rotatable bonds is 1. The van der Waals surface area contributed by atoms with Crippen LogP contribution in [0, 0.1) is 6.92 Å². The maximum Gasteiger partial charge on any atom is 0.251 e. The molecule has 1 aromatic heterocycles. The van der Waals surface area contributed by atoms with Crippen molar-refractivity contribution >= 4 is 6.29 Å². The van der Waals surface area contributed by atoms with Gasteiger partial charge in [-0.2, -0.15) is 0 Å². The molecule has 0 aliphatic carbocycles. The smallest absolute Gasteiger partial charge is 0.251 e. The Labute approximate surface area is 64.3 Å². The van der Waals surface area contributed by atoms with Gasteiger partial charge in [-0.1, -0.05) is 0 Å². The van der Waals surface area contributed by atoms with Crippen molar-refractivity contribution in [3.05, 3.63) is 33.7 Å². The molecule has 0 aliphatic heterocycles. The number of carbonyl (C=O) groups excluding carboxylic acids is 1. The van der Waals surface area contributed by atoms with Crippen LogP contribution in [0.3, 0.4) is 0 Å². The van der Waals surface area contributed by atoms with E-state index in [1.807, 2.05) is 0 Å². The number of carbonyl (C=O) groups is 1. The van der Waals surface area contributed by atoms with Crippen LogP contribution in [-0.2, 0) is 7.05 Å². The highest BCUT2D eigenvalue weighted by Gasteiger charge is 1.97. The molecule has 1 rings (SSSR count). The minimum Gasteiger partial charge on any atom is -0.316 e. The van der Waals surface area contributed by atoms with E-state index in [0.717, 1.165) is 5.69 Å². The molecule has 0 saturated carbocycles. The van der Waals surface area contributed by atoms with Crippen LogP contribution < -0.4 is 5.56 Å². The van der Waals surface area contributed by atoms with Crippen LogP contribution in [0.1, 0.15) is 16.1 Å². The van der Waals surface area contributed by atoms with Gasteiger partial charge in [0.1, 0.15) is 6.29 Å². The Hall–Kier alpha value is -1.38. The van der Waals surface area contributed by atoms with Gasteiger partial charge in [-0.3, -0.25) is 9.59 Å². The molecular weight excluding hydrogens is 142 g/mol. The van der Waals surface area contributed by atoms with E-state index in [1.54, 1.807) is 20.0 Å². The van der Waals surface area contributed by atoms with Gasteiger partial charge in [0.2, 0.25) is 0 Å². The first-order chi connectivity index (χ1) is 5.15. The van der Waals surface area contributed by atoms with Gasteiger partial charge in [0.05, 0.1) is 0 Å². The molecule has 0 atom stereocenters. The Balaban J connectivity index is 3.44. The Morgan fingerprint density at radius 3 is 2.55 bits per heavy atom. The van der Waals surface area contributed by atoms with Gasteiger partial charge in [-0.25, -0.2) is 0 Å². The second-order valence-corrected chi connectivity index (χ2v) is 2.45. The zero-order chi connectivity index (χ0) is 8.43. The number of nitrogens with zero attached hydrogens (tertiary/aromatic N) is 1. The van der Waals surface area contributed by atoms with Crippen molar-refractivity contribution in [1.29, 1.82) is 0 Å². The van der Waals surface area contributed by atoms with Gasteiger partial charge >= 0.3 is 0 Å². The Bertz CT molecular complexity index is 338. The average Bonchev–Trinajstić information content (AvgIpc) is 1.99. The van der Waals surface area contributed by atoms with Crippen molar-refractivity contribution in [2.24, 2.45) is 7.05 Å². The first-order valence-corrected chi connectivity index (χ1v) is 3.28. The second-order valence-electron chi connectivity index (χ2n) is 2.45. The van der Waals surface area contributed by atoms with E-state index in [9.17, 15) is 9.59 Å². The Morgan fingerprint density at radius 1 is 1.45 bits per heavy atom. The summed E-state index contributed by atoms with van der Waals surface area (Å²) in [6, 6.07) is 2.99. The van der Waals surface area contributed by atoms with E-state index in [-0.39, 0.29) is 5.56 Å². The summed E-state index contributed by atoms with van der Waals surface area (Å²) in [5, 5.41) is 0. The summed E-state index contributed by atoms with van der Waals surface area (Å²) in [6.07, 6.45) is 0.675. The first-order valence-electron chi connectivity index (χ1n) is 3.28. The lowest BCUT2D eigenvalue weighted by Gasteiger charge is -2.01. The maximum atomic E-state index is 11.0. The van der Waals surface area contributed by atoms with Gasteiger partial charge in [-0.05, 0) is 13.0 Å². The van der Waals surface area contributed by atoms with Crippen molar-refractivity contribution in [2.75, 3.05) is 0 Å². The monoisotopic (exact) mass is 151 g/mol. The van der Waals surface area contributed by atoms with Gasteiger partial charge in [0.25, 0.3) is 5.56 Å². The van der Waals surface area contributed by atoms with E-state index in [2.05, 4.69) is 0 Å². The standard InChI is InChI=1S/C8H9NO2/c1-6-3-7(5-10)4-8(11)9(6)2/h3-5H,1-2H3. The summed E-state index contributed by atoms with van der Waals surface area (Å²) in [7, 11) is 1.67. The zero-order valence-corrected chi connectivity index (χ0v) is 6.50. The summed E-state index contributed by atoms with van der Waals surface area (Å²) in [5.74, 6) is 0. The van der Waals surface area contributed by atoms with Crippen LogP contribution in [0.4, 0.5) is 0 Å². The van der Waals surface area contributed by atoms with Gasteiger partial charge in [0.15, 0.2) is 0 Å². The molecule has 58 valence electrons. The molecule has 1 heterocycles. The molecule has 0 amide bonds. The SMILES string of the molecule is Cc1cc(C=O)cc(=O)n1C. The molecule has 0 aliphatic rings. The topological polar surface area (TPSA) is 39.1 Å². The van der Waals surface area contributed by atoms with Gasteiger partial charge in [0, 0.05) is 24.4 Å². The Kier molecular flexibility index (Phi) is 1.89. The quantitative estimate of drug-likeness (QED) is 0.548. The molecule has 11 heavy (non-hydrogen) atoms. The van der Waals surface area contributed by atoms with Gasteiger partial charge in [-0.15, -0.1) is 0 Å². The fraction of sp³-hybridized carbons (Fsp3) is 0.250. The van der Waals surface area contributed by atoms with Crippen molar-refractivity contribution in [3.8, 4) is 0 Å². The zero-order valence-electron chi connectivity index (χ0n) is 6.50. The highest BCUT2D eigenvalue weighted by molar-refractivity contribution is 5.74. The minimum atomic E-state index is -0.146. The highest BCUT2D eigenvalue weighted by atomic mass is 16.1. The minimum absolute atomic E-state index is 0.146. The summed E-state index contributed by atoms with van der Waals surface area (Å²) in [5.41, 5.74) is 1.08. The molecule has 0 saturated heterocycles.